The monoisotopic (exact) mass is 309 g/mol. The Labute approximate surface area is 114 Å². The predicted octanol–water partition coefficient (Wildman–Crippen LogP) is 2.11. The number of nitrogen functional groups attached to an aromatic ring is 1. The zero-order valence-corrected chi connectivity index (χ0v) is 11.5. The minimum absolute atomic E-state index is 0.0382. The van der Waals surface area contributed by atoms with E-state index in [1.54, 1.807) is 6.07 Å². The summed E-state index contributed by atoms with van der Waals surface area (Å²) in [7, 11) is 0. The molecule has 1 saturated heterocycles. The molecule has 3 unspecified atom stereocenters. The van der Waals surface area contributed by atoms with Crippen LogP contribution in [0.15, 0.2) is 22.7 Å². The van der Waals surface area contributed by atoms with E-state index in [2.05, 4.69) is 26.6 Å². The summed E-state index contributed by atoms with van der Waals surface area (Å²) in [6, 6.07) is 5.98. The molecular weight excluding hydrogens is 294 g/mol. The zero-order chi connectivity index (χ0) is 12.7. The molecule has 0 aromatic heterocycles. The molecule has 1 aliphatic carbocycles. The van der Waals surface area contributed by atoms with Gasteiger partial charge in [0.15, 0.2) is 0 Å². The third-order valence-corrected chi connectivity index (χ3v) is 4.41. The summed E-state index contributed by atoms with van der Waals surface area (Å²) in [4.78, 5) is 12.2. The van der Waals surface area contributed by atoms with Gasteiger partial charge in [0, 0.05) is 10.5 Å². The van der Waals surface area contributed by atoms with Gasteiger partial charge in [0.05, 0.1) is 17.4 Å². The number of piperidine rings is 1. The van der Waals surface area contributed by atoms with Gasteiger partial charge < -0.3 is 16.4 Å². The highest BCUT2D eigenvalue weighted by atomic mass is 79.9. The van der Waals surface area contributed by atoms with Gasteiger partial charge >= 0.3 is 0 Å². The molecule has 2 fully saturated rings. The van der Waals surface area contributed by atoms with E-state index in [1.807, 2.05) is 12.1 Å². The Morgan fingerprint density at radius 3 is 2.89 bits per heavy atom. The number of halogens is 1. The molecular formula is C13H16BrN3O. The number of hydrogen-bond acceptors (Lipinski definition) is 3. The van der Waals surface area contributed by atoms with E-state index in [1.165, 1.54) is 6.42 Å². The van der Waals surface area contributed by atoms with Gasteiger partial charge in [-0.15, -0.1) is 0 Å². The number of nitrogens with one attached hydrogen (secondary N) is 2. The second-order valence-electron chi connectivity index (χ2n) is 5.14. The maximum absolute atomic E-state index is 12.2. The molecule has 0 spiro atoms. The zero-order valence-electron chi connectivity index (χ0n) is 9.95. The van der Waals surface area contributed by atoms with Crippen LogP contribution in [0, 0.1) is 5.92 Å². The number of amides is 1. The van der Waals surface area contributed by atoms with Crippen molar-refractivity contribution in [2.24, 2.45) is 5.92 Å². The Bertz CT molecular complexity index is 491. The Morgan fingerprint density at radius 2 is 2.28 bits per heavy atom. The Hall–Kier alpha value is -1.07. The summed E-state index contributed by atoms with van der Waals surface area (Å²) < 4.78 is 0.913. The minimum atomic E-state index is -0.0493. The van der Waals surface area contributed by atoms with Gasteiger partial charge in [0.1, 0.15) is 0 Å². The SMILES string of the molecule is Nc1cc(Br)ccc1NC(=O)C1NC2CCC1C2. The summed E-state index contributed by atoms with van der Waals surface area (Å²) in [5, 5.41) is 6.30. The van der Waals surface area contributed by atoms with Gasteiger partial charge in [-0.2, -0.15) is 0 Å². The van der Waals surface area contributed by atoms with E-state index >= 15 is 0 Å². The van der Waals surface area contributed by atoms with Gasteiger partial charge in [0.25, 0.3) is 0 Å². The molecule has 4 N–H and O–H groups in total. The second kappa shape index (κ2) is 4.55. The maximum Gasteiger partial charge on any atom is 0.241 e. The van der Waals surface area contributed by atoms with Crippen LogP contribution in [0.5, 0.6) is 0 Å². The lowest BCUT2D eigenvalue weighted by Gasteiger charge is -2.22. The fourth-order valence-corrected chi connectivity index (χ4v) is 3.39. The number of carbonyl (C=O) groups is 1. The molecule has 1 heterocycles. The molecule has 3 rings (SSSR count). The van der Waals surface area contributed by atoms with Crippen LogP contribution in [0.3, 0.4) is 0 Å². The average molecular weight is 310 g/mol. The number of rotatable bonds is 2. The number of fused-ring (bicyclic) bond motifs is 2. The summed E-state index contributed by atoms with van der Waals surface area (Å²) in [5.41, 5.74) is 7.15. The van der Waals surface area contributed by atoms with Crippen molar-refractivity contribution in [1.29, 1.82) is 0 Å². The fraction of sp³-hybridized carbons (Fsp3) is 0.462. The molecule has 1 amide bonds. The van der Waals surface area contributed by atoms with Crippen LogP contribution in [0.4, 0.5) is 11.4 Å². The predicted molar refractivity (Wildman–Crippen MR) is 75.2 cm³/mol. The van der Waals surface area contributed by atoms with Gasteiger partial charge in [-0.1, -0.05) is 15.9 Å². The van der Waals surface area contributed by atoms with Crippen molar-refractivity contribution in [1.82, 2.24) is 5.32 Å². The van der Waals surface area contributed by atoms with Crippen LogP contribution >= 0.6 is 15.9 Å². The number of benzene rings is 1. The number of nitrogens with two attached hydrogens (primary N) is 1. The van der Waals surface area contributed by atoms with Crippen molar-refractivity contribution in [3.8, 4) is 0 Å². The molecule has 2 aliphatic rings. The van der Waals surface area contributed by atoms with E-state index in [4.69, 9.17) is 5.73 Å². The molecule has 1 aliphatic heterocycles. The van der Waals surface area contributed by atoms with E-state index in [-0.39, 0.29) is 11.9 Å². The highest BCUT2D eigenvalue weighted by molar-refractivity contribution is 9.10. The number of carbonyl (C=O) groups excluding carboxylic acids is 1. The van der Waals surface area contributed by atoms with Crippen LogP contribution in [0.1, 0.15) is 19.3 Å². The summed E-state index contributed by atoms with van der Waals surface area (Å²) in [6.07, 6.45) is 3.49. The first-order valence-electron chi connectivity index (χ1n) is 6.25. The van der Waals surface area contributed by atoms with Crippen LogP contribution in [0.2, 0.25) is 0 Å². The molecule has 1 saturated carbocycles. The topological polar surface area (TPSA) is 67.1 Å². The first-order chi connectivity index (χ1) is 8.63. The number of hydrogen-bond donors (Lipinski definition) is 3. The molecule has 1 aromatic rings. The highest BCUT2D eigenvalue weighted by Gasteiger charge is 2.42. The van der Waals surface area contributed by atoms with E-state index < -0.39 is 0 Å². The largest absolute Gasteiger partial charge is 0.397 e. The molecule has 18 heavy (non-hydrogen) atoms. The lowest BCUT2D eigenvalue weighted by Crippen LogP contribution is -2.44. The van der Waals surface area contributed by atoms with Crippen molar-refractivity contribution in [2.75, 3.05) is 11.1 Å². The van der Waals surface area contributed by atoms with Crippen LogP contribution in [-0.2, 0) is 4.79 Å². The van der Waals surface area contributed by atoms with Gasteiger partial charge in [-0.25, -0.2) is 0 Å². The average Bonchev–Trinajstić information content (AvgIpc) is 2.94. The van der Waals surface area contributed by atoms with Gasteiger partial charge in [-0.3, -0.25) is 4.79 Å². The first kappa shape index (κ1) is 12.0. The Balaban J connectivity index is 1.71. The van der Waals surface area contributed by atoms with Crippen molar-refractivity contribution in [3.63, 3.8) is 0 Å². The summed E-state index contributed by atoms with van der Waals surface area (Å²) in [5.74, 6) is 0.530. The molecule has 1 aromatic carbocycles. The van der Waals surface area contributed by atoms with Crippen molar-refractivity contribution >= 4 is 33.2 Å². The highest BCUT2D eigenvalue weighted by Crippen LogP contribution is 2.35. The van der Waals surface area contributed by atoms with Gasteiger partial charge in [0.2, 0.25) is 5.91 Å². The quantitative estimate of drug-likeness (QED) is 0.733. The van der Waals surface area contributed by atoms with Gasteiger partial charge in [-0.05, 0) is 43.4 Å². The van der Waals surface area contributed by atoms with Crippen LogP contribution < -0.4 is 16.4 Å². The fourth-order valence-electron chi connectivity index (χ4n) is 3.01. The minimum Gasteiger partial charge on any atom is -0.397 e. The second-order valence-corrected chi connectivity index (χ2v) is 6.05. The summed E-state index contributed by atoms with van der Waals surface area (Å²) in [6.45, 7) is 0. The molecule has 5 heteroatoms. The maximum atomic E-state index is 12.2. The smallest absolute Gasteiger partial charge is 0.241 e. The third-order valence-electron chi connectivity index (χ3n) is 3.91. The third kappa shape index (κ3) is 2.12. The van der Waals surface area contributed by atoms with E-state index in [9.17, 15) is 4.79 Å². The van der Waals surface area contributed by atoms with Crippen molar-refractivity contribution in [3.05, 3.63) is 22.7 Å². The lowest BCUT2D eigenvalue weighted by atomic mass is 9.99. The molecule has 2 bridgehead atoms. The molecule has 4 nitrogen and oxygen atoms in total. The van der Waals surface area contributed by atoms with Crippen molar-refractivity contribution in [2.45, 2.75) is 31.3 Å². The van der Waals surface area contributed by atoms with E-state index in [0.717, 1.165) is 17.3 Å². The Morgan fingerprint density at radius 1 is 1.44 bits per heavy atom. The molecule has 3 atom stereocenters. The summed E-state index contributed by atoms with van der Waals surface area (Å²) >= 11 is 3.35. The van der Waals surface area contributed by atoms with Crippen LogP contribution in [-0.4, -0.2) is 18.0 Å². The first-order valence-corrected chi connectivity index (χ1v) is 7.05. The van der Waals surface area contributed by atoms with Crippen molar-refractivity contribution < 1.29 is 4.79 Å². The number of anilines is 2. The van der Waals surface area contributed by atoms with Crippen LogP contribution in [0.25, 0.3) is 0 Å². The normalized spacial score (nSPS) is 29.5. The molecule has 96 valence electrons. The van der Waals surface area contributed by atoms with E-state index in [0.29, 0.717) is 23.3 Å². The Kier molecular flexibility index (Phi) is 3.03. The standard InChI is InChI=1S/C13H16BrN3O/c14-8-2-4-11(10(15)6-8)17-13(18)12-7-1-3-9(5-7)16-12/h2,4,6-7,9,12,16H,1,3,5,15H2,(H,17,18). The lowest BCUT2D eigenvalue weighted by molar-refractivity contribution is -0.119. The molecule has 0 radical (unpaired) electrons.